The van der Waals surface area contributed by atoms with E-state index in [0.29, 0.717) is 12.0 Å². The number of carbonyl (C=O) groups is 1. The van der Waals surface area contributed by atoms with E-state index < -0.39 is 0 Å². The molecule has 29 heavy (non-hydrogen) atoms. The number of esters is 1. The van der Waals surface area contributed by atoms with E-state index >= 15 is 0 Å². The molecular weight excluding hydrogens is 366 g/mol. The molecule has 0 aliphatic carbocycles. The molecule has 0 aliphatic heterocycles. The molecule has 0 saturated carbocycles. The third kappa shape index (κ3) is 4.82. The number of ether oxygens (including phenoxy) is 2. The number of hydrogen-bond acceptors (Lipinski definition) is 5. The van der Waals surface area contributed by atoms with Gasteiger partial charge in [0, 0.05) is 18.2 Å². The summed E-state index contributed by atoms with van der Waals surface area (Å²) in [6.07, 6.45) is 0.843. The van der Waals surface area contributed by atoms with Gasteiger partial charge in [-0.25, -0.2) is 4.68 Å². The first-order valence-electron chi connectivity index (χ1n) is 9.36. The third-order valence-corrected chi connectivity index (χ3v) is 4.80. The highest BCUT2D eigenvalue weighted by molar-refractivity contribution is 5.69. The minimum absolute atomic E-state index is 0.200. The van der Waals surface area contributed by atoms with E-state index in [1.807, 2.05) is 42.8 Å². The van der Waals surface area contributed by atoms with Crippen LogP contribution in [-0.2, 0) is 22.6 Å². The summed E-state index contributed by atoms with van der Waals surface area (Å²) in [5, 5.41) is 13.4. The Morgan fingerprint density at radius 2 is 1.93 bits per heavy atom. The molecule has 0 aliphatic rings. The summed E-state index contributed by atoms with van der Waals surface area (Å²) in [5.41, 5.74) is 5.29. The number of carbonyl (C=O) groups excluding carboxylic acids is 1. The Bertz CT molecular complexity index is 1050. The molecule has 6 heteroatoms. The SMILES string of the molecule is COc1cccc(-n2nc(C)c(CCC(=O)OCc3ccc(C#N)cc3)c2C)c1. The van der Waals surface area contributed by atoms with Gasteiger partial charge >= 0.3 is 5.97 Å². The van der Waals surface area contributed by atoms with Crippen molar-refractivity contribution in [3.8, 4) is 17.5 Å². The summed E-state index contributed by atoms with van der Waals surface area (Å²) < 4.78 is 12.5. The second-order valence-electron chi connectivity index (χ2n) is 6.73. The fourth-order valence-electron chi connectivity index (χ4n) is 3.17. The molecule has 0 unspecified atom stereocenters. The summed E-state index contributed by atoms with van der Waals surface area (Å²) in [7, 11) is 1.63. The van der Waals surface area contributed by atoms with Crippen LogP contribution in [0.1, 0.15) is 34.5 Å². The average Bonchev–Trinajstić information content (AvgIpc) is 3.04. The first-order valence-corrected chi connectivity index (χ1v) is 9.36. The van der Waals surface area contributed by atoms with Crippen molar-refractivity contribution in [2.24, 2.45) is 0 Å². The predicted octanol–water partition coefficient (Wildman–Crippen LogP) is 4.05. The third-order valence-electron chi connectivity index (χ3n) is 4.80. The molecular formula is C23H23N3O3. The number of methoxy groups -OCH3 is 1. The van der Waals surface area contributed by atoms with Gasteiger partial charge in [0.2, 0.25) is 0 Å². The Morgan fingerprint density at radius 3 is 2.62 bits per heavy atom. The smallest absolute Gasteiger partial charge is 0.306 e. The largest absolute Gasteiger partial charge is 0.497 e. The van der Waals surface area contributed by atoms with Crippen LogP contribution in [0.15, 0.2) is 48.5 Å². The lowest BCUT2D eigenvalue weighted by Crippen LogP contribution is -2.07. The van der Waals surface area contributed by atoms with E-state index in [1.165, 1.54) is 0 Å². The minimum Gasteiger partial charge on any atom is -0.497 e. The Kier molecular flexibility index (Phi) is 6.30. The van der Waals surface area contributed by atoms with Crippen molar-refractivity contribution < 1.29 is 14.3 Å². The second kappa shape index (κ2) is 9.07. The second-order valence-corrected chi connectivity index (χ2v) is 6.73. The van der Waals surface area contributed by atoms with Crippen molar-refractivity contribution in [1.29, 1.82) is 5.26 Å². The summed E-state index contributed by atoms with van der Waals surface area (Å²) in [6, 6.07) is 16.8. The van der Waals surface area contributed by atoms with Crippen LogP contribution in [0, 0.1) is 25.2 Å². The molecule has 0 amide bonds. The summed E-state index contributed by atoms with van der Waals surface area (Å²) >= 11 is 0. The van der Waals surface area contributed by atoms with Gasteiger partial charge in [0.25, 0.3) is 0 Å². The number of nitriles is 1. The van der Waals surface area contributed by atoms with E-state index in [4.69, 9.17) is 14.7 Å². The number of aryl methyl sites for hydroxylation is 1. The van der Waals surface area contributed by atoms with Crippen molar-refractivity contribution in [2.45, 2.75) is 33.3 Å². The zero-order valence-electron chi connectivity index (χ0n) is 16.8. The minimum atomic E-state index is -0.262. The molecule has 6 nitrogen and oxygen atoms in total. The molecule has 0 radical (unpaired) electrons. The van der Waals surface area contributed by atoms with Crippen molar-refractivity contribution in [1.82, 2.24) is 9.78 Å². The van der Waals surface area contributed by atoms with Crippen molar-refractivity contribution in [3.63, 3.8) is 0 Å². The summed E-state index contributed by atoms with van der Waals surface area (Å²) in [5.74, 6) is 0.505. The van der Waals surface area contributed by atoms with Gasteiger partial charge in [0.05, 0.1) is 30.1 Å². The molecule has 0 spiro atoms. The van der Waals surface area contributed by atoms with Crippen LogP contribution in [0.5, 0.6) is 5.75 Å². The topological polar surface area (TPSA) is 77.1 Å². The number of aromatic nitrogens is 2. The quantitative estimate of drug-likeness (QED) is 0.570. The standard InChI is InChI=1S/C23H23N3O3/c1-16-22(17(2)26(25-16)20-5-4-6-21(13-20)28-3)11-12-23(27)29-15-19-9-7-18(14-24)8-10-19/h4-10,13H,11-12,15H2,1-3H3. The van der Waals surface area contributed by atoms with E-state index in [9.17, 15) is 4.79 Å². The Morgan fingerprint density at radius 1 is 1.17 bits per heavy atom. The monoisotopic (exact) mass is 389 g/mol. The highest BCUT2D eigenvalue weighted by Gasteiger charge is 2.15. The Balaban J connectivity index is 1.62. The van der Waals surface area contributed by atoms with Gasteiger partial charge in [0.1, 0.15) is 12.4 Å². The van der Waals surface area contributed by atoms with Crippen LogP contribution in [0.25, 0.3) is 5.69 Å². The van der Waals surface area contributed by atoms with E-state index in [0.717, 1.165) is 34.0 Å². The van der Waals surface area contributed by atoms with Crippen molar-refractivity contribution >= 4 is 5.97 Å². The average molecular weight is 389 g/mol. The van der Waals surface area contributed by atoms with E-state index in [2.05, 4.69) is 11.2 Å². The van der Waals surface area contributed by atoms with Gasteiger partial charge in [0.15, 0.2) is 0 Å². The molecule has 148 valence electrons. The first kappa shape index (κ1) is 20.2. The molecule has 3 rings (SSSR count). The Hall–Kier alpha value is -3.59. The van der Waals surface area contributed by atoms with Crippen LogP contribution >= 0.6 is 0 Å². The van der Waals surface area contributed by atoms with Crippen molar-refractivity contribution in [2.75, 3.05) is 7.11 Å². The molecule has 2 aromatic carbocycles. The van der Waals surface area contributed by atoms with Crippen molar-refractivity contribution in [3.05, 3.63) is 76.6 Å². The van der Waals surface area contributed by atoms with Gasteiger partial charge < -0.3 is 9.47 Å². The maximum Gasteiger partial charge on any atom is 0.306 e. The number of nitrogens with zero attached hydrogens (tertiary/aromatic N) is 3. The van der Waals surface area contributed by atoms with E-state index in [1.54, 1.807) is 31.4 Å². The number of rotatable bonds is 7. The zero-order valence-corrected chi connectivity index (χ0v) is 16.8. The molecule has 1 heterocycles. The summed E-state index contributed by atoms with van der Waals surface area (Å²) in [4.78, 5) is 12.2. The fraction of sp³-hybridized carbons (Fsp3) is 0.261. The molecule has 0 bridgehead atoms. The fourth-order valence-corrected chi connectivity index (χ4v) is 3.17. The zero-order chi connectivity index (χ0) is 20.8. The van der Waals surface area contributed by atoms with Gasteiger partial charge in [-0.3, -0.25) is 4.79 Å². The van der Waals surface area contributed by atoms with Gasteiger partial charge in [-0.15, -0.1) is 0 Å². The van der Waals surface area contributed by atoms with Gasteiger partial charge in [-0.2, -0.15) is 10.4 Å². The van der Waals surface area contributed by atoms with Crippen LogP contribution in [-0.4, -0.2) is 22.9 Å². The molecule has 1 aromatic heterocycles. The maximum absolute atomic E-state index is 12.2. The van der Waals surface area contributed by atoms with Gasteiger partial charge in [-0.05, 0) is 55.7 Å². The van der Waals surface area contributed by atoms with E-state index in [-0.39, 0.29) is 19.0 Å². The van der Waals surface area contributed by atoms with Gasteiger partial charge in [-0.1, -0.05) is 18.2 Å². The molecule has 0 atom stereocenters. The lowest BCUT2D eigenvalue weighted by atomic mass is 10.1. The molecule has 0 saturated heterocycles. The highest BCUT2D eigenvalue weighted by Crippen LogP contribution is 2.22. The Labute approximate surface area is 170 Å². The van der Waals surface area contributed by atoms with Crippen LogP contribution in [0.4, 0.5) is 0 Å². The van der Waals surface area contributed by atoms with Crippen LogP contribution in [0.3, 0.4) is 0 Å². The molecule has 3 aromatic rings. The molecule has 0 N–H and O–H groups in total. The normalized spacial score (nSPS) is 10.4. The first-order chi connectivity index (χ1) is 14.0. The summed E-state index contributed by atoms with van der Waals surface area (Å²) in [6.45, 7) is 4.14. The molecule has 0 fully saturated rings. The maximum atomic E-state index is 12.2. The number of benzene rings is 2. The lowest BCUT2D eigenvalue weighted by molar-refractivity contribution is -0.144. The van der Waals surface area contributed by atoms with Crippen LogP contribution < -0.4 is 4.74 Å². The van der Waals surface area contributed by atoms with Crippen LogP contribution in [0.2, 0.25) is 0 Å². The number of hydrogen-bond donors (Lipinski definition) is 0. The highest BCUT2D eigenvalue weighted by atomic mass is 16.5. The predicted molar refractivity (Wildman–Crippen MR) is 109 cm³/mol. The lowest BCUT2D eigenvalue weighted by Gasteiger charge is -2.08.